The third kappa shape index (κ3) is 13.2. The number of carbonyl (C=O) groups excluding carboxylic acids is 2. The summed E-state index contributed by atoms with van der Waals surface area (Å²) in [6, 6.07) is 19.4. The molecular weight excluding hydrogens is 1340 g/mol. The standard InChI is InChI=1S/C58H48Cl6F4N14O10/c1-25-71-54(81(75-25)40-19-30(59)9-11-32(40)61)52-50(46(48(84)42(23-83)88-52)79-21-38(73-77-79)28-15-34(65)44(63)35(66)16-28)91-57(85)69-13-6-14-70-58(86)92-51-47(80-22-39(74-78-80)29-17-36(67)45(64)37(68)18-29)49-43(24-87-56(90-49)27-7-4-3-5-8-27)89-53(51)55-72-26(2)76-82(55)41-20-31(60)10-12-33(41)62/h3-5,7-12,15-22,42-43,46-53,56,83-84H,6,13-14,23-24H2,1-2H3,(H,69,85)(H,70,86)/t42-,43+,46+,47-,48+,49-,50-,51+,52-,53+,56-/m0/s1. The number of hydrogen-bond acceptors (Lipinski definition) is 18. The van der Waals surface area contributed by atoms with Crippen LogP contribution in [-0.4, -0.2) is 145 Å². The lowest BCUT2D eigenvalue weighted by Gasteiger charge is -2.48. The molecule has 0 saturated carbocycles. The van der Waals surface area contributed by atoms with Gasteiger partial charge in [0.15, 0.2) is 42.4 Å². The lowest BCUT2D eigenvalue weighted by molar-refractivity contribution is -0.318. The number of carbonyl (C=O) groups is 2. The molecule has 0 spiro atoms. The summed E-state index contributed by atoms with van der Waals surface area (Å²) in [5.74, 6) is -3.82. The number of rotatable bonds is 16. The van der Waals surface area contributed by atoms with Crippen LogP contribution in [0, 0.1) is 37.1 Å². The highest BCUT2D eigenvalue weighted by Crippen LogP contribution is 2.47. The fraction of sp³-hybridized carbons (Fsp3) is 0.310. The van der Waals surface area contributed by atoms with Gasteiger partial charge in [-0.2, -0.15) is 10.2 Å². The lowest BCUT2D eigenvalue weighted by Crippen LogP contribution is -2.58. The van der Waals surface area contributed by atoms with Crippen molar-refractivity contribution >= 4 is 81.8 Å². The Bertz CT molecular complexity index is 4180. The first-order chi connectivity index (χ1) is 44.2. The number of aliphatic hydroxyl groups excluding tert-OH is 2. The van der Waals surface area contributed by atoms with Crippen LogP contribution in [0.1, 0.15) is 65.9 Å². The smallest absolute Gasteiger partial charge is 0.407 e. The molecule has 2 amide bonds. The number of hydrogen-bond donors (Lipinski definition) is 4. The van der Waals surface area contributed by atoms with Crippen molar-refractivity contribution in [3.05, 3.63) is 186 Å². The van der Waals surface area contributed by atoms with E-state index in [9.17, 15) is 37.4 Å². The molecule has 4 aromatic heterocycles. The number of aryl methyl sites for hydroxylation is 2. The maximum atomic E-state index is 15.0. The summed E-state index contributed by atoms with van der Waals surface area (Å²) in [7, 11) is 0. The summed E-state index contributed by atoms with van der Waals surface area (Å²) in [6.07, 6.45) is -11.6. The highest BCUT2D eigenvalue weighted by Gasteiger charge is 2.56. The minimum absolute atomic E-state index is 0.00424. The number of benzene rings is 5. The van der Waals surface area contributed by atoms with Gasteiger partial charge in [0.1, 0.15) is 92.9 Å². The number of fused-ring (bicyclic) bond motifs is 1. The van der Waals surface area contributed by atoms with Gasteiger partial charge in [-0.05, 0) is 80.9 Å². The van der Waals surface area contributed by atoms with Crippen molar-refractivity contribution in [2.24, 2.45) is 0 Å². The molecule has 480 valence electrons. The molecule has 92 heavy (non-hydrogen) atoms. The van der Waals surface area contributed by atoms with Gasteiger partial charge in [0.05, 0.1) is 47.0 Å². The van der Waals surface area contributed by atoms with Crippen molar-refractivity contribution in [3.8, 4) is 33.9 Å². The first kappa shape index (κ1) is 64.5. The average molecular weight is 1390 g/mol. The number of aromatic nitrogens is 12. The molecule has 5 aromatic carbocycles. The summed E-state index contributed by atoms with van der Waals surface area (Å²) in [5, 5.41) is 53.4. The number of halogens is 10. The van der Waals surface area contributed by atoms with Crippen LogP contribution in [0.2, 0.25) is 30.1 Å². The van der Waals surface area contributed by atoms with Gasteiger partial charge in [-0.15, -0.1) is 10.2 Å². The lowest BCUT2D eigenvalue weighted by atomic mass is 9.90. The molecule has 0 bridgehead atoms. The molecule has 24 nitrogen and oxygen atoms in total. The van der Waals surface area contributed by atoms with E-state index in [0.717, 1.165) is 28.9 Å². The summed E-state index contributed by atoms with van der Waals surface area (Å²) >= 11 is 37.9. The molecule has 0 radical (unpaired) electrons. The van der Waals surface area contributed by atoms with Gasteiger partial charge in [-0.1, -0.05) is 110 Å². The highest BCUT2D eigenvalue weighted by atomic mass is 35.5. The van der Waals surface area contributed by atoms with Gasteiger partial charge >= 0.3 is 12.2 Å². The van der Waals surface area contributed by atoms with E-state index < -0.39 is 119 Å². The number of ether oxygens (including phenoxy) is 6. The van der Waals surface area contributed by atoms with E-state index >= 15 is 0 Å². The Morgan fingerprint density at radius 2 is 1.12 bits per heavy atom. The van der Waals surface area contributed by atoms with E-state index in [2.05, 4.69) is 46.4 Å². The fourth-order valence-corrected chi connectivity index (χ4v) is 11.9. The number of alkyl carbamates (subject to hydrolysis) is 2. The second-order valence-corrected chi connectivity index (χ2v) is 23.6. The number of aliphatic hydroxyl groups is 2. The van der Waals surface area contributed by atoms with Crippen molar-refractivity contribution in [1.82, 2.24) is 70.2 Å². The molecule has 4 N–H and O–H groups in total. The molecule has 34 heteroatoms. The molecule has 7 heterocycles. The predicted octanol–water partition coefficient (Wildman–Crippen LogP) is 10.6. The Labute approximate surface area is 548 Å². The molecule has 0 aliphatic carbocycles. The molecule has 11 atom stereocenters. The van der Waals surface area contributed by atoms with Gasteiger partial charge in [0, 0.05) is 39.8 Å². The molecule has 9 aromatic rings. The Kier molecular flexibility index (Phi) is 19.1. The minimum Gasteiger partial charge on any atom is -0.441 e. The minimum atomic E-state index is -1.72. The maximum absolute atomic E-state index is 15.0. The molecule has 0 unspecified atom stereocenters. The van der Waals surface area contributed by atoms with Crippen LogP contribution in [0.15, 0.2) is 103 Å². The molecule has 3 saturated heterocycles. The quantitative estimate of drug-likeness (QED) is 0.0397. The maximum Gasteiger partial charge on any atom is 0.407 e. The highest BCUT2D eigenvalue weighted by molar-refractivity contribution is 6.35. The zero-order valence-electron chi connectivity index (χ0n) is 47.5. The van der Waals surface area contributed by atoms with Gasteiger partial charge in [0.25, 0.3) is 0 Å². The monoisotopic (exact) mass is 1390 g/mol. The van der Waals surface area contributed by atoms with Gasteiger partial charge in [-0.3, -0.25) is 0 Å². The first-order valence-corrected chi connectivity index (χ1v) is 30.2. The third-order valence-corrected chi connectivity index (χ3v) is 16.9. The van der Waals surface area contributed by atoms with Crippen molar-refractivity contribution in [2.45, 2.75) is 87.5 Å². The van der Waals surface area contributed by atoms with E-state index in [4.69, 9.17) is 103 Å². The van der Waals surface area contributed by atoms with Crippen molar-refractivity contribution < 1.29 is 65.8 Å². The zero-order valence-corrected chi connectivity index (χ0v) is 52.0. The van der Waals surface area contributed by atoms with Crippen LogP contribution in [0.25, 0.3) is 33.9 Å². The van der Waals surface area contributed by atoms with Crippen LogP contribution in [-0.2, 0) is 28.4 Å². The Balaban J connectivity index is 0.825. The fourth-order valence-electron chi connectivity index (χ4n) is 11.0. The molecule has 12 rings (SSSR count). The van der Waals surface area contributed by atoms with Gasteiger partial charge in [0.2, 0.25) is 0 Å². The van der Waals surface area contributed by atoms with Crippen LogP contribution in [0.5, 0.6) is 0 Å². The van der Waals surface area contributed by atoms with Crippen molar-refractivity contribution in [1.29, 1.82) is 0 Å². The van der Waals surface area contributed by atoms with Crippen LogP contribution in [0.3, 0.4) is 0 Å². The summed E-state index contributed by atoms with van der Waals surface area (Å²) in [4.78, 5) is 38.0. The normalized spacial score (nSPS) is 23.0. The Hall–Kier alpha value is -7.58. The van der Waals surface area contributed by atoms with E-state index in [1.54, 1.807) is 62.4 Å². The van der Waals surface area contributed by atoms with E-state index in [0.29, 0.717) is 10.6 Å². The Morgan fingerprint density at radius 3 is 1.62 bits per heavy atom. The summed E-state index contributed by atoms with van der Waals surface area (Å²) in [5.41, 5.74) is 0.928. The molecular formula is C58H48Cl6F4N14O10. The second kappa shape index (κ2) is 27.2. The zero-order chi connectivity index (χ0) is 64.8. The number of nitrogens with one attached hydrogen (secondary N) is 2. The average Bonchev–Trinajstić information content (AvgIpc) is 1.36. The molecule has 3 fully saturated rings. The molecule has 3 aliphatic heterocycles. The Morgan fingerprint density at radius 1 is 0.641 bits per heavy atom. The van der Waals surface area contributed by atoms with Gasteiger partial charge < -0.3 is 49.3 Å². The summed E-state index contributed by atoms with van der Waals surface area (Å²) in [6.45, 7) is 1.95. The van der Waals surface area contributed by atoms with Crippen LogP contribution >= 0.6 is 69.6 Å². The molecule has 3 aliphatic rings. The van der Waals surface area contributed by atoms with Crippen LogP contribution in [0.4, 0.5) is 27.2 Å². The number of nitrogens with zero attached hydrogens (tertiary/aromatic N) is 12. The van der Waals surface area contributed by atoms with Gasteiger partial charge in [-0.25, -0.2) is 55.8 Å². The van der Waals surface area contributed by atoms with Crippen molar-refractivity contribution in [3.63, 3.8) is 0 Å². The largest absolute Gasteiger partial charge is 0.441 e. The van der Waals surface area contributed by atoms with E-state index in [1.165, 1.54) is 38.6 Å². The van der Waals surface area contributed by atoms with Crippen LogP contribution < -0.4 is 10.6 Å². The van der Waals surface area contributed by atoms with E-state index in [-0.39, 0.29) is 98.4 Å². The second-order valence-electron chi connectivity index (χ2n) is 21.2. The topological polar surface area (TPSA) is 277 Å². The summed E-state index contributed by atoms with van der Waals surface area (Å²) < 4.78 is 103. The third-order valence-electron chi connectivity index (χ3n) is 15.1. The number of amides is 2. The first-order valence-electron chi connectivity index (χ1n) is 27.9. The van der Waals surface area contributed by atoms with Crippen molar-refractivity contribution in [2.75, 3.05) is 26.3 Å². The predicted molar refractivity (Wildman–Crippen MR) is 321 cm³/mol. The SMILES string of the molecule is Cc1nc([C@H]2O[C@@H](CO)[C@@H](O)[C@@H](n3cc(-c4cc(F)c(Cl)c(F)c4)nn3)[C@@H]2OC(=O)NCCCNC(=O)O[C@@H]2[C@@H](n3cc(-c4cc(F)c(Cl)c(F)c4)nn3)[C@H]3O[C@@H](c4ccccc4)OC[C@H]3O[C@H]2c2nc(C)nn2-c2cc(Cl)ccc2Cl)n(-c2cc(Cl)ccc2Cl)n1. The van der Waals surface area contributed by atoms with E-state index in [1.807, 2.05) is 6.07 Å².